The zero-order chi connectivity index (χ0) is 18.6. The van der Waals surface area contributed by atoms with Gasteiger partial charge in [0.05, 0.1) is 12.9 Å². The first-order chi connectivity index (χ1) is 11.9. The van der Waals surface area contributed by atoms with Gasteiger partial charge in [0.1, 0.15) is 22.2 Å². The fraction of sp³-hybridized carbons (Fsp3) is 0.529. The molecule has 6 nitrogen and oxygen atoms in total. The van der Waals surface area contributed by atoms with Gasteiger partial charge in [-0.1, -0.05) is 32.0 Å². The van der Waals surface area contributed by atoms with Crippen LogP contribution in [0.2, 0.25) is 0 Å². The molecule has 2 rings (SSSR count). The van der Waals surface area contributed by atoms with Gasteiger partial charge in [-0.3, -0.25) is 4.79 Å². The third-order valence-corrected chi connectivity index (χ3v) is 6.36. The molecule has 8 heteroatoms. The summed E-state index contributed by atoms with van der Waals surface area (Å²) in [6.07, 6.45) is 2.29. The Morgan fingerprint density at radius 2 is 2.08 bits per heavy atom. The number of esters is 1. The highest BCUT2D eigenvalue weighted by molar-refractivity contribution is 8.00. The Morgan fingerprint density at radius 3 is 2.72 bits per heavy atom. The lowest BCUT2D eigenvalue weighted by Crippen LogP contribution is -2.46. The molecule has 0 aliphatic rings. The molecule has 0 spiro atoms. The van der Waals surface area contributed by atoms with E-state index in [0.717, 1.165) is 27.2 Å². The van der Waals surface area contributed by atoms with Gasteiger partial charge in [0.15, 0.2) is 0 Å². The Balaban J connectivity index is 2.08. The first-order valence-electron chi connectivity index (χ1n) is 8.09. The van der Waals surface area contributed by atoms with E-state index >= 15 is 0 Å². The number of ether oxygens (including phenoxy) is 1. The molecule has 2 atom stereocenters. The lowest BCUT2D eigenvalue weighted by molar-refractivity contribution is -0.146. The van der Waals surface area contributed by atoms with Gasteiger partial charge in [0.25, 0.3) is 0 Å². The average Bonchev–Trinajstić information content (AvgIpc) is 2.91. The number of nitrogens with one attached hydrogen (secondary N) is 1. The predicted molar refractivity (Wildman–Crippen MR) is 101 cm³/mol. The van der Waals surface area contributed by atoms with Crippen LogP contribution in [-0.4, -0.2) is 40.7 Å². The molecule has 0 saturated heterocycles. The van der Waals surface area contributed by atoms with Gasteiger partial charge in [-0.05, 0) is 25.3 Å². The van der Waals surface area contributed by atoms with Crippen molar-refractivity contribution in [1.82, 2.24) is 15.3 Å². The van der Waals surface area contributed by atoms with Gasteiger partial charge in [0.2, 0.25) is 5.91 Å². The maximum atomic E-state index is 12.3. The van der Waals surface area contributed by atoms with E-state index in [2.05, 4.69) is 22.2 Å². The van der Waals surface area contributed by atoms with Gasteiger partial charge in [-0.25, -0.2) is 14.8 Å². The molecule has 0 radical (unpaired) electrons. The molecule has 2 aromatic heterocycles. The van der Waals surface area contributed by atoms with E-state index in [4.69, 9.17) is 4.74 Å². The number of methoxy groups -OCH3 is 1. The largest absolute Gasteiger partial charge is 0.467 e. The van der Waals surface area contributed by atoms with Crippen LogP contribution in [0, 0.1) is 19.8 Å². The molecule has 0 aromatic carbocycles. The zero-order valence-electron chi connectivity index (χ0n) is 15.1. The van der Waals surface area contributed by atoms with Crippen LogP contribution in [0.4, 0.5) is 0 Å². The number of thioether (sulfide) groups is 1. The summed E-state index contributed by atoms with van der Waals surface area (Å²) in [5, 5.41) is 4.58. The summed E-state index contributed by atoms with van der Waals surface area (Å²) >= 11 is 2.98. The summed E-state index contributed by atoms with van der Waals surface area (Å²) < 4.78 is 4.80. The van der Waals surface area contributed by atoms with Crippen LogP contribution >= 0.6 is 23.1 Å². The van der Waals surface area contributed by atoms with Crippen molar-refractivity contribution in [3.8, 4) is 0 Å². The van der Waals surface area contributed by atoms with Gasteiger partial charge < -0.3 is 10.1 Å². The Hall–Kier alpha value is -1.67. The summed E-state index contributed by atoms with van der Waals surface area (Å²) in [7, 11) is 1.33. The van der Waals surface area contributed by atoms with E-state index in [1.54, 1.807) is 11.3 Å². The topological polar surface area (TPSA) is 81.2 Å². The van der Waals surface area contributed by atoms with Crippen LogP contribution in [0.3, 0.4) is 0 Å². The van der Waals surface area contributed by atoms with Gasteiger partial charge >= 0.3 is 5.97 Å². The number of hydrogen-bond donors (Lipinski definition) is 1. The number of carbonyl (C=O) groups is 2. The van der Waals surface area contributed by atoms with Crippen molar-refractivity contribution in [3.05, 3.63) is 16.8 Å². The number of fused-ring (bicyclic) bond motifs is 1. The van der Waals surface area contributed by atoms with Crippen molar-refractivity contribution in [2.24, 2.45) is 5.92 Å². The number of nitrogens with zero attached hydrogens (tertiary/aromatic N) is 2. The van der Waals surface area contributed by atoms with Crippen LogP contribution in [0.25, 0.3) is 10.2 Å². The van der Waals surface area contributed by atoms with Crippen molar-refractivity contribution in [2.45, 2.75) is 45.2 Å². The monoisotopic (exact) mass is 381 g/mol. The van der Waals surface area contributed by atoms with Crippen LogP contribution in [-0.2, 0) is 14.3 Å². The molecule has 2 heterocycles. The molecule has 0 bridgehead atoms. The molecule has 1 amide bonds. The molecule has 0 saturated carbocycles. The lowest BCUT2D eigenvalue weighted by atomic mass is 9.99. The highest BCUT2D eigenvalue weighted by Crippen LogP contribution is 2.34. The number of aromatic nitrogens is 2. The first-order valence-corrected chi connectivity index (χ1v) is 9.89. The number of hydrogen-bond acceptors (Lipinski definition) is 7. The Bertz CT molecular complexity index is 776. The Kier molecular flexibility index (Phi) is 6.78. The van der Waals surface area contributed by atoms with E-state index < -0.39 is 12.0 Å². The maximum Gasteiger partial charge on any atom is 0.328 e. The van der Waals surface area contributed by atoms with Gasteiger partial charge in [-0.15, -0.1) is 11.3 Å². The first kappa shape index (κ1) is 19.7. The van der Waals surface area contributed by atoms with E-state index in [1.807, 2.05) is 20.8 Å². The summed E-state index contributed by atoms with van der Waals surface area (Å²) in [5.74, 6) is -0.433. The summed E-state index contributed by atoms with van der Waals surface area (Å²) in [4.78, 5) is 34.9. The van der Waals surface area contributed by atoms with E-state index in [0.29, 0.717) is 0 Å². The van der Waals surface area contributed by atoms with Crippen molar-refractivity contribution in [1.29, 1.82) is 0 Å². The molecule has 136 valence electrons. The van der Waals surface area contributed by atoms with Crippen LogP contribution < -0.4 is 5.32 Å². The van der Waals surface area contributed by atoms with E-state index in [-0.39, 0.29) is 17.6 Å². The normalized spacial score (nSPS) is 13.5. The second-order valence-electron chi connectivity index (χ2n) is 5.88. The molecule has 0 aliphatic carbocycles. The number of carbonyl (C=O) groups excluding carboxylic acids is 2. The number of thiophene rings is 1. The third kappa shape index (κ3) is 4.49. The maximum absolute atomic E-state index is 12.3. The fourth-order valence-corrected chi connectivity index (χ4v) is 4.33. The highest BCUT2D eigenvalue weighted by atomic mass is 32.2. The van der Waals surface area contributed by atoms with E-state index in [9.17, 15) is 9.59 Å². The van der Waals surface area contributed by atoms with Crippen LogP contribution in [0.15, 0.2) is 11.4 Å². The minimum atomic E-state index is -0.626. The molecule has 25 heavy (non-hydrogen) atoms. The summed E-state index contributed by atoms with van der Waals surface area (Å²) in [6, 6.07) is -0.626. The van der Waals surface area contributed by atoms with Crippen molar-refractivity contribution >= 4 is 45.2 Å². The number of amides is 1. The summed E-state index contributed by atoms with van der Waals surface area (Å²) in [5.41, 5.74) is 1.15. The minimum absolute atomic E-state index is 0.00826. The zero-order valence-corrected chi connectivity index (χ0v) is 16.7. The van der Waals surface area contributed by atoms with Crippen molar-refractivity contribution in [2.75, 3.05) is 12.9 Å². The molecule has 1 N–H and O–H groups in total. The molecule has 0 aliphatic heterocycles. The SMILES string of the molecule is CC[C@@H](C)[C@@H](NC(=O)CSc1ncnc2sc(C)c(C)c12)C(=O)OC. The van der Waals surface area contributed by atoms with Gasteiger partial charge in [0, 0.05) is 10.3 Å². The quantitative estimate of drug-likeness (QED) is 0.451. The predicted octanol–water partition coefficient (Wildman–Crippen LogP) is 3.10. The van der Waals surface area contributed by atoms with Gasteiger partial charge in [-0.2, -0.15) is 0 Å². The molecule has 0 fully saturated rings. The lowest BCUT2D eigenvalue weighted by Gasteiger charge is -2.21. The second-order valence-corrected chi connectivity index (χ2v) is 8.05. The average molecular weight is 382 g/mol. The van der Waals surface area contributed by atoms with Crippen LogP contribution in [0.1, 0.15) is 30.7 Å². The molecular formula is C17H23N3O3S2. The second kappa shape index (κ2) is 8.62. The smallest absolute Gasteiger partial charge is 0.328 e. The fourth-order valence-electron chi connectivity index (χ4n) is 2.40. The minimum Gasteiger partial charge on any atom is -0.467 e. The van der Waals surface area contributed by atoms with Crippen molar-refractivity contribution < 1.29 is 14.3 Å². The number of rotatable bonds is 7. The molecule has 2 aromatic rings. The third-order valence-electron chi connectivity index (χ3n) is 4.26. The molecule has 0 unspecified atom stereocenters. The molecular weight excluding hydrogens is 358 g/mol. The van der Waals surface area contributed by atoms with Crippen molar-refractivity contribution in [3.63, 3.8) is 0 Å². The Morgan fingerprint density at radius 1 is 1.36 bits per heavy atom. The summed E-state index contributed by atoms with van der Waals surface area (Å²) in [6.45, 7) is 7.98. The van der Waals surface area contributed by atoms with E-state index in [1.165, 1.54) is 30.1 Å². The van der Waals surface area contributed by atoms with Crippen LogP contribution in [0.5, 0.6) is 0 Å². The Labute approximate surface area is 155 Å². The number of aryl methyl sites for hydroxylation is 2. The highest BCUT2D eigenvalue weighted by Gasteiger charge is 2.26. The standard InChI is InChI=1S/C17H23N3O3S2/c1-6-9(2)14(17(22)23-5)20-12(21)7-24-15-13-10(3)11(4)25-16(13)19-8-18-15/h8-9,14H,6-7H2,1-5H3,(H,20,21)/t9-,14-/m1/s1.